The molecule has 1 aliphatic carbocycles. The molecule has 1 saturated carbocycles. The largest absolute Gasteiger partial charge is 0.491 e. The Morgan fingerprint density at radius 1 is 1.17 bits per heavy atom. The van der Waals surface area contributed by atoms with E-state index < -0.39 is 12.2 Å². The molecule has 0 unspecified atom stereocenters. The van der Waals surface area contributed by atoms with Crippen LogP contribution in [0.3, 0.4) is 0 Å². The first kappa shape index (κ1) is 29.3. The van der Waals surface area contributed by atoms with Crippen LogP contribution in [-0.4, -0.2) is 91.5 Å². The molecule has 224 valence electrons. The van der Waals surface area contributed by atoms with Crippen LogP contribution in [0, 0.1) is 0 Å². The van der Waals surface area contributed by atoms with Crippen LogP contribution in [0.2, 0.25) is 0 Å². The number of alkyl carbamates (subject to hydrolysis) is 1. The Kier molecular flexibility index (Phi) is 10.1. The van der Waals surface area contributed by atoms with E-state index in [1.807, 2.05) is 35.2 Å². The molecule has 0 radical (unpaired) electrons. The van der Waals surface area contributed by atoms with Crippen LogP contribution < -0.4 is 15.4 Å². The van der Waals surface area contributed by atoms with E-state index in [9.17, 15) is 9.59 Å². The van der Waals surface area contributed by atoms with E-state index in [1.165, 1.54) is 7.11 Å². The van der Waals surface area contributed by atoms with Gasteiger partial charge in [0.05, 0.1) is 24.9 Å². The van der Waals surface area contributed by atoms with Crippen LogP contribution in [0.1, 0.15) is 62.5 Å². The predicted molar refractivity (Wildman–Crippen MR) is 152 cm³/mol. The minimum absolute atomic E-state index is 0.00126. The normalized spacial score (nSPS) is 22.1. The van der Waals surface area contributed by atoms with Crippen LogP contribution in [0.25, 0.3) is 0 Å². The van der Waals surface area contributed by atoms with Gasteiger partial charge in [-0.05, 0) is 63.6 Å². The van der Waals surface area contributed by atoms with Crippen molar-refractivity contribution >= 4 is 12.0 Å². The summed E-state index contributed by atoms with van der Waals surface area (Å²) in [6, 6.07) is 12.1. The maximum Gasteiger partial charge on any atom is 0.406 e. The molecule has 41 heavy (non-hydrogen) atoms. The predicted octanol–water partition coefficient (Wildman–Crippen LogP) is 3.01. The summed E-state index contributed by atoms with van der Waals surface area (Å²) in [7, 11) is 1.36. The summed E-state index contributed by atoms with van der Waals surface area (Å²) in [6.45, 7) is 5.51. The summed E-state index contributed by atoms with van der Waals surface area (Å²) in [6.07, 6.45) is 4.10. The molecule has 3 heterocycles. The summed E-state index contributed by atoms with van der Waals surface area (Å²) in [5.41, 5.74) is 2.00. The van der Waals surface area contributed by atoms with Gasteiger partial charge in [0, 0.05) is 44.6 Å². The van der Waals surface area contributed by atoms with Crippen molar-refractivity contribution in [2.75, 3.05) is 46.6 Å². The number of aromatic nitrogens is 2. The summed E-state index contributed by atoms with van der Waals surface area (Å²) in [5.74, 6) is 0.788. The second kappa shape index (κ2) is 14.2. The molecule has 2 aliphatic heterocycles. The third-order valence-corrected chi connectivity index (χ3v) is 7.99. The number of rotatable bonds is 12. The van der Waals surface area contributed by atoms with Crippen LogP contribution in [-0.2, 0) is 25.4 Å². The fraction of sp³-hybridized carbons (Fsp3) is 0.633. The van der Waals surface area contributed by atoms with Crippen LogP contribution in [0.5, 0.6) is 5.75 Å². The fourth-order valence-corrected chi connectivity index (χ4v) is 5.63. The van der Waals surface area contributed by atoms with Gasteiger partial charge in [0.1, 0.15) is 24.6 Å². The average molecular weight is 570 g/mol. The van der Waals surface area contributed by atoms with E-state index in [-0.39, 0.29) is 30.1 Å². The molecular weight excluding hydrogens is 526 g/mol. The lowest BCUT2D eigenvalue weighted by molar-refractivity contribution is -0.155. The second-order valence-electron chi connectivity index (χ2n) is 11.1. The highest BCUT2D eigenvalue weighted by Crippen LogP contribution is 2.36. The maximum atomic E-state index is 13.9. The van der Waals surface area contributed by atoms with E-state index in [2.05, 4.69) is 33.0 Å². The number of hydrogen-bond acceptors (Lipinski definition) is 8. The number of amides is 2. The Balaban J connectivity index is 1.26. The third-order valence-electron chi connectivity index (χ3n) is 7.99. The minimum Gasteiger partial charge on any atom is -0.491 e. The molecule has 11 nitrogen and oxygen atoms in total. The summed E-state index contributed by atoms with van der Waals surface area (Å²) < 4.78 is 24.6. The number of methoxy groups -OCH3 is 1. The van der Waals surface area contributed by atoms with Gasteiger partial charge < -0.3 is 34.5 Å². The quantitative estimate of drug-likeness (QED) is 0.375. The molecule has 2 aromatic rings. The fourth-order valence-electron chi connectivity index (χ4n) is 5.63. The molecule has 11 heteroatoms. The van der Waals surface area contributed by atoms with Crippen molar-refractivity contribution in [1.82, 2.24) is 25.3 Å². The SMILES string of the molecule is COC(=O)NCCCc1cc([C@H](C)N(C(=O)[C@H]2CNC[C@@H](COc3ccccc3)O2)C2CC2)nn1C1CCOCC1. The number of hydrogen-bond donors (Lipinski definition) is 2. The molecule has 3 atom stereocenters. The van der Waals surface area contributed by atoms with Gasteiger partial charge >= 0.3 is 6.09 Å². The number of ether oxygens (including phenoxy) is 4. The molecule has 1 aromatic heterocycles. The Morgan fingerprint density at radius 2 is 1.95 bits per heavy atom. The summed E-state index contributed by atoms with van der Waals surface area (Å²) >= 11 is 0. The van der Waals surface area contributed by atoms with Crippen molar-refractivity contribution in [3.63, 3.8) is 0 Å². The number of nitrogens with one attached hydrogen (secondary N) is 2. The minimum atomic E-state index is -0.572. The average Bonchev–Trinajstić information content (AvgIpc) is 3.76. The van der Waals surface area contributed by atoms with E-state index in [1.54, 1.807) is 0 Å². The van der Waals surface area contributed by atoms with Gasteiger partial charge in [-0.25, -0.2) is 4.79 Å². The lowest BCUT2D eigenvalue weighted by Gasteiger charge is -2.36. The number of aryl methyl sites for hydroxylation is 1. The number of benzene rings is 1. The Bertz CT molecular complexity index is 1130. The van der Waals surface area contributed by atoms with Crippen molar-refractivity contribution in [3.8, 4) is 5.75 Å². The summed E-state index contributed by atoms with van der Waals surface area (Å²) in [4.78, 5) is 27.4. The van der Waals surface area contributed by atoms with Crippen molar-refractivity contribution in [3.05, 3.63) is 47.8 Å². The molecule has 5 rings (SSSR count). The van der Waals surface area contributed by atoms with Crippen LogP contribution in [0.4, 0.5) is 4.79 Å². The Labute approximate surface area is 241 Å². The number of carbonyl (C=O) groups excluding carboxylic acids is 2. The smallest absolute Gasteiger partial charge is 0.406 e. The second-order valence-corrected chi connectivity index (χ2v) is 11.1. The molecule has 3 fully saturated rings. The first-order valence-corrected chi connectivity index (χ1v) is 14.9. The highest BCUT2D eigenvalue weighted by molar-refractivity contribution is 5.82. The Morgan fingerprint density at radius 3 is 2.68 bits per heavy atom. The van der Waals surface area contributed by atoms with E-state index in [0.717, 1.165) is 55.7 Å². The lowest BCUT2D eigenvalue weighted by Crippen LogP contribution is -2.54. The maximum absolute atomic E-state index is 13.9. The van der Waals surface area contributed by atoms with Crippen LogP contribution in [0.15, 0.2) is 36.4 Å². The number of nitrogens with zero attached hydrogens (tertiary/aromatic N) is 3. The topological polar surface area (TPSA) is 116 Å². The van der Waals surface area contributed by atoms with Gasteiger partial charge in [-0.15, -0.1) is 0 Å². The molecule has 0 bridgehead atoms. The monoisotopic (exact) mass is 569 g/mol. The van der Waals surface area contributed by atoms with Crippen molar-refractivity contribution in [2.45, 2.75) is 75.8 Å². The van der Waals surface area contributed by atoms with Gasteiger partial charge in [0.15, 0.2) is 0 Å². The summed E-state index contributed by atoms with van der Waals surface area (Å²) in [5, 5.41) is 11.2. The molecule has 1 aromatic carbocycles. The van der Waals surface area contributed by atoms with Crippen molar-refractivity contribution in [1.29, 1.82) is 0 Å². The van der Waals surface area contributed by atoms with E-state index >= 15 is 0 Å². The van der Waals surface area contributed by atoms with Crippen molar-refractivity contribution in [2.24, 2.45) is 0 Å². The zero-order valence-corrected chi connectivity index (χ0v) is 24.1. The van der Waals surface area contributed by atoms with Crippen LogP contribution >= 0.6 is 0 Å². The first-order valence-electron chi connectivity index (χ1n) is 14.9. The Hall–Kier alpha value is -3.15. The van der Waals surface area contributed by atoms with Gasteiger partial charge in [-0.1, -0.05) is 18.2 Å². The number of morpholine rings is 1. The number of para-hydroxylation sites is 1. The standard InChI is InChI=1S/C30H43N5O6/c1-21(27-17-24(7-6-14-32-30(37)38-2)35(33-27)23-12-15-39-16-13-23)34(22-10-11-22)29(36)28-19-31-18-26(41-28)20-40-25-8-4-3-5-9-25/h3-5,8-9,17,21-23,26,28,31H,6-7,10-16,18-20H2,1-2H3,(H,32,37)/t21-,26-,28+/m0/s1. The first-order chi connectivity index (χ1) is 20.0. The molecular formula is C30H43N5O6. The lowest BCUT2D eigenvalue weighted by atomic mass is 10.1. The molecule has 2 saturated heterocycles. The van der Waals surface area contributed by atoms with Crippen molar-refractivity contribution < 1.29 is 28.5 Å². The molecule has 3 aliphatic rings. The van der Waals surface area contributed by atoms with E-state index in [4.69, 9.17) is 19.3 Å². The van der Waals surface area contributed by atoms with Gasteiger partial charge in [0.2, 0.25) is 0 Å². The zero-order valence-electron chi connectivity index (χ0n) is 24.1. The molecule has 2 N–H and O–H groups in total. The highest BCUT2D eigenvalue weighted by Gasteiger charge is 2.42. The molecule has 0 spiro atoms. The highest BCUT2D eigenvalue weighted by atomic mass is 16.5. The van der Waals surface area contributed by atoms with Gasteiger partial charge in [-0.2, -0.15) is 5.10 Å². The number of carbonyl (C=O) groups is 2. The third kappa shape index (κ3) is 7.78. The van der Waals surface area contributed by atoms with Gasteiger partial charge in [0.25, 0.3) is 5.91 Å². The zero-order chi connectivity index (χ0) is 28.6. The van der Waals surface area contributed by atoms with E-state index in [0.29, 0.717) is 39.5 Å². The molecule has 2 amide bonds. The van der Waals surface area contributed by atoms with Gasteiger partial charge in [-0.3, -0.25) is 9.48 Å².